The van der Waals surface area contributed by atoms with Gasteiger partial charge >= 0.3 is 0 Å². The number of carboxylic acid groups (broad SMARTS) is 1. The lowest BCUT2D eigenvalue weighted by Crippen LogP contribution is -2.83. The standard InChI is InChI=1S/C33H36FNO3.C7H17NO5/c1-3-5-7-8-22-35(24-28-18-21-31(34)30(23-28)33(37)38)32(36)29-19-16-27(17-20-29)15-14-26-12-10-25(11-13-26)9-6-4-2;1-8-2-4(10)6(12)7(13)5(11)3-9/h10-13,16-21,23H,3-9,22,24H2,1-2H3,(H,37,38);4-13H,2-3H2,1H3/t;4-,5+,6+,7+/m.0/s1. The fourth-order valence-electron chi connectivity index (χ4n) is 5.13. The molecule has 0 aromatic heterocycles. The van der Waals surface area contributed by atoms with E-state index in [2.05, 4.69) is 37.8 Å². The van der Waals surface area contributed by atoms with Crippen molar-refractivity contribution in [1.82, 2.24) is 4.90 Å². The van der Waals surface area contributed by atoms with Gasteiger partial charge in [-0.1, -0.05) is 69.6 Å². The van der Waals surface area contributed by atoms with Gasteiger partial charge in [0.2, 0.25) is 0 Å². The molecular formula is C40H53FN2O8. The first kappa shape index (κ1) is 43.0. The minimum absolute atomic E-state index is 0.164. The van der Waals surface area contributed by atoms with Gasteiger partial charge in [-0.25, -0.2) is 4.39 Å². The van der Waals surface area contributed by atoms with Crippen molar-refractivity contribution in [2.24, 2.45) is 0 Å². The van der Waals surface area contributed by atoms with E-state index in [1.807, 2.05) is 24.3 Å². The Bertz CT molecular complexity index is 1540. The molecule has 4 atom stereocenters. The molecule has 1 amide bonds. The molecule has 0 aliphatic carbocycles. The third kappa shape index (κ3) is 14.9. The second-order valence-electron chi connectivity index (χ2n) is 12.5. The number of halogens is 1. The molecule has 0 saturated carbocycles. The molecule has 0 bridgehead atoms. The zero-order chi connectivity index (χ0) is 37.8. The predicted molar refractivity (Wildman–Crippen MR) is 191 cm³/mol. The van der Waals surface area contributed by atoms with Gasteiger partial charge in [0, 0.05) is 35.3 Å². The van der Waals surface area contributed by atoms with E-state index in [0.717, 1.165) is 49.3 Å². The minimum Gasteiger partial charge on any atom is -0.545 e. The summed E-state index contributed by atoms with van der Waals surface area (Å²) in [6.07, 6.45) is 1.87. The quantitative estimate of drug-likeness (QED) is 0.0856. The molecule has 0 saturated heterocycles. The van der Waals surface area contributed by atoms with Gasteiger partial charge in [0.1, 0.15) is 36.8 Å². The zero-order valence-electron chi connectivity index (χ0n) is 29.8. The summed E-state index contributed by atoms with van der Waals surface area (Å²) in [6, 6.07) is 19.3. The summed E-state index contributed by atoms with van der Waals surface area (Å²) < 4.78 is 13.8. The van der Waals surface area contributed by atoms with Crippen molar-refractivity contribution in [2.75, 3.05) is 26.7 Å². The van der Waals surface area contributed by atoms with Gasteiger partial charge in [0.05, 0.1) is 19.6 Å². The van der Waals surface area contributed by atoms with Crippen LogP contribution in [0.3, 0.4) is 0 Å². The summed E-state index contributed by atoms with van der Waals surface area (Å²) >= 11 is 0. The third-order valence-electron chi connectivity index (χ3n) is 8.25. The number of hydrogen-bond donors (Lipinski definition) is 6. The van der Waals surface area contributed by atoms with Gasteiger partial charge in [0.25, 0.3) is 5.91 Å². The van der Waals surface area contributed by atoms with Gasteiger partial charge < -0.3 is 45.7 Å². The van der Waals surface area contributed by atoms with Crippen molar-refractivity contribution in [3.8, 4) is 11.8 Å². The van der Waals surface area contributed by atoms with Crippen molar-refractivity contribution in [1.29, 1.82) is 0 Å². The van der Waals surface area contributed by atoms with E-state index in [1.54, 1.807) is 29.4 Å². The van der Waals surface area contributed by atoms with Crippen LogP contribution in [-0.4, -0.2) is 93.5 Å². The lowest BCUT2D eigenvalue weighted by molar-refractivity contribution is -0.635. The fraction of sp³-hybridized carbons (Fsp3) is 0.450. The van der Waals surface area contributed by atoms with E-state index in [-0.39, 0.29) is 19.0 Å². The highest BCUT2D eigenvalue weighted by Gasteiger charge is 2.30. The van der Waals surface area contributed by atoms with Crippen LogP contribution in [0.1, 0.15) is 95.3 Å². The number of hydrogen-bond acceptors (Lipinski definition) is 8. The summed E-state index contributed by atoms with van der Waals surface area (Å²) in [4.78, 5) is 26.3. The number of aromatic carboxylic acids is 1. The second kappa shape index (κ2) is 23.3. The van der Waals surface area contributed by atoms with Crippen LogP contribution in [0.4, 0.5) is 4.39 Å². The number of carbonyl (C=O) groups excluding carboxylic acids is 2. The van der Waals surface area contributed by atoms with Crippen molar-refractivity contribution in [3.05, 3.63) is 106 Å². The Hall–Kier alpha value is -4.15. The van der Waals surface area contributed by atoms with Crippen molar-refractivity contribution in [2.45, 2.75) is 89.8 Å². The van der Waals surface area contributed by atoms with E-state index < -0.39 is 48.4 Å². The van der Waals surface area contributed by atoms with E-state index in [9.17, 15) is 29.3 Å². The first-order chi connectivity index (χ1) is 24.4. The summed E-state index contributed by atoms with van der Waals surface area (Å²) in [6.45, 7) is 4.57. The average molecular weight is 709 g/mol. The molecule has 10 nitrogen and oxygen atoms in total. The number of benzene rings is 3. The zero-order valence-corrected chi connectivity index (χ0v) is 29.8. The number of rotatable bonds is 18. The van der Waals surface area contributed by atoms with E-state index in [0.29, 0.717) is 17.7 Å². The van der Waals surface area contributed by atoms with Crippen LogP contribution in [0.2, 0.25) is 0 Å². The monoisotopic (exact) mass is 708 g/mol. The Kier molecular flexibility index (Phi) is 19.7. The Balaban J connectivity index is 0.000000588. The molecule has 0 aliphatic heterocycles. The van der Waals surface area contributed by atoms with Crippen LogP contribution in [0.25, 0.3) is 0 Å². The summed E-state index contributed by atoms with van der Waals surface area (Å²) in [5.41, 5.74) is 3.63. The average Bonchev–Trinajstić information content (AvgIpc) is 3.14. The number of unbranched alkanes of at least 4 members (excludes halogenated alkanes) is 4. The van der Waals surface area contributed by atoms with E-state index in [4.69, 9.17) is 15.3 Å². The molecule has 3 rings (SSSR count). The molecule has 51 heavy (non-hydrogen) atoms. The predicted octanol–water partition coefficient (Wildman–Crippen LogP) is 1.77. The van der Waals surface area contributed by atoms with E-state index in [1.165, 1.54) is 30.5 Å². The molecule has 0 spiro atoms. The van der Waals surface area contributed by atoms with Crippen LogP contribution in [-0.2, 0) is 13.0 Å². The van der Waals surface area contributed by atoms with Crippen LogP contribution < -0.4 is 10.4 Å². The van der Waals surface area contributed by atoms with Crippen LogP contribution in [0.5, 0.6) is 0 Å². The van der Waals surface area contributed by atoms with Gasteiger partial charge in [-0.05, 0) is 78.9 Å². The summed E-state index contributed by atoms with van der Waals surface area (Å²) in [7, 11) is 1.70. The minimum atomic E-state index is -1.57. The van der Waals surface area contributed by atoms with Crippen molar-refractivity contribution >= 4 is 11.9 Å². The molecule has 0 heterocycles. The summed E-state index contributed by atoms with van der Waals surface area (Å²) in [5.74, 6) is 3.75. The van der Waals surface area contributed by atoms with Crippen LogP contribution in [0.15, 0.2) is 66.7 Å². The highest BCUT2D eigenvalue weighted by molar-refractivity contribution is 5.94. The Morgan fingerprint density at radius 3 is 1.92 bits per heavy atom. The maximum Gasteiger partial charge on any atom is 0.254 e. The molecule has 0 aliphatic rings. The topological polar surface area (TPSA) is 178 Å². The number of amides is 1. The highest BCUT2D eigenvalue weighted by atomic mass is 19.1. The lowest BCUT2D eigenvalue weighted by Gasteiger charge is -2.24. The number of nitrogens with two attached hydrogens (primary N) is 1. The Morgan fingerprint density at radius 1 is 0.804 bits per heavy atom. The van der Waals surface area contributed by atoms with Crippen LogP contribution >= 0.6 is 0 Å². The lowest BCUT2D eigenvalue weighted by atomic mass is 10.0. The molecule has 11 heteroatoms. The molecule has 0 radical (unpaired) electrons. The number of quaternary nitrogens is 1. The maximum absolute atomic E-state index is 13.8. The van der Waals surface area contributed by atoms with Gasteiger partial charge in [0.15, 0.2) is 0 Å². The molecule has 3 aromatic rings. The molecule has 0 unspecified atom stereocenters. The number of nitrogens with zero attached hydrogens (tertiary/aromatic N) is 1. The SMILES string of the molecule is CCCCCCN(Cc1ccc(F)c(C(=O)[O-])c1)C(=O)c1ccc(C#Cc2ccc(CCCC)cc2)cc1.C[NH2+]C[C@H](O)[C@@H](O)[C@H](O)[C@H](O)CO. The number of carbonyl (C=O) groups is 2. The Labute approximate surface area is 300 Å². The molecular weight excluding hydrogens is 655 g/mol. The molecule has 278 valence electrons. The first-order valence-electron chi connectivity index (χ1n) is 17.6. The highest BCUT2D eigenvalue weighted by Crippen LogP contribution is 2.17. The number of aliphatic hydroxyl groups is 5. The van der Waals surface area contributed by atoms with Gasteiger partial charge in [-0.3, -0.25) is 4.79 Å². The maximum atomic E-state index is 13.8. The van der Waals surface area contributed by atoms with Crippen molar-refractivity contribution in [3.63, 3.8) is 0 Å². The number of aryl methyl sites for hydroxylation is 1. The number of aliphatic hydroxyl groups excluding tert-OH is 5. The number of carboxylic acids is 1. The second-order valence-corrected chi connectivity index (χ2v) is 12.5. The molecule has 7 N–H and O–H groups in total. The van der Waals surface area contributed by atoms with Crippen molar-refractivity contribution < 1.29 is 49.9 Å². The first-order valence-corrected chi connectivity index (χ1v) is 17.6. The largest absolute Gasteiger partial charge is 0.545 e. The normalized spacial score (nSPS) is 13.1. The summed E-state index contributed by atoms with van der Waals surface area (Å²) in [5, 5.41) is 57.8. The van der Waals surface area contributed by atoms with Crippen LogP contribution in [0, 0.1) is 17.7 Å². The molecule has 3 aromatic carbocycles. The van der Waals surface area contributed by atoms with E-state index >= 15 is 0 Å². The van der Waals surface area contributed by atoms with Gasteiger partial charge in [-0.15, -0.1) is 0 Å². The fourth-order valence-corrected chi connectivity index (χ4v) is 5.13. The van der Waals surface area contributed by atoms with Gasteiger partial charge in [-0.2, -0.15) is 0 Å². The smallest absolute Gasteiger partial charge is 0.254 e. The Morgan fingerprint density at radius 2 is 1.37 bits per heavy atom. The number of likely N-dealkylation sites (N-methyl/N-ethyl adjacent to an activating group) is 1. The third-order valence-corrected chi connectivity index (χ3v) is 8.25. The molecule has 0 fully saturated rings.